The Morgan fingerprint density at radius 3 is 2.94 bits per heavy atom. The highest BCUT2D eigenvalue weighted by Gasteiger charge is 2.26. The van der Waals surface area contributed by atoms with Gasteiger partial charge in [-0.2, -0.15) is 0 Å². The van der Waals surface area contributed by atoms with Crippen molar-refractivity contribution in [3.8, 4) is 0 Å². The quantitative estimate of drug-likeness (QED) is 0.916. The summed E-state index contributed by atoms with van der Waals surface area (Å²) in [5.74, 6) is 0. The van der Waals surface area contributed by atoms with Crippen LogP contribution in [0.2, 0.25) is 0 Å². The Bertz CT molecular complexity index is 510. The second-order valence-electron chi connectivity index (χ2n) is 4.63. The minimum Gasteiger partial charge on any atom is -0.339 e. The van der Waals surface area contributed by atoms with Gasteiger partial charge >= 0.3 is 0 Å². The van der Waals surface area contributed by atoms with Gasteiger partial charge in [-0.15, -0.1) is 11.3 Å². The molecule has 94 valence electrons. The van der Waals surface area contributed by atoms with Crippen LogP contribution in [-0.2, 0) is 13.0 Å². The molecule has 0 saturated heterocycles. The smallest absolute Gasteiger partial charge is 0.185 e. The standard InChI is InChI=1S/C14H17N3S/c1-15-9-13-8-11-4-2-3-5-12(11)10-17(13)14-16-6-7-18-14/h2-7,13,15H,8-10H2,1H3. The number of anilines is 1. The maximum Gasteiger partial charge on any atom is 0.185 e. The maximum atomic E-state index is 4.46. The minimum atomic E-state index is 0.496. The zero-order valence-electron chi connectivity index (χ0n) is 10.5. The average Bonchev–Trinajstić information content (AvgIpc) is 2.92. The number of hydrogen-bond acceptors (Lipinski definition) is 4. The van der Waals surface area contributed by atoms with Gasteiger partial charge in [-0.1, -0.05) is 24.3 Å². The van der Waals surface area contributed by atoms with Crippen molar-refractivity contribution in [1.82, 2.24) is 10.3 Å². The number of benzene rings is 1. The van der Waals surface area contributed by atoms with Gasteiger partial charge in [0.05, 0.1) is 0 Å². The summed E-state index contributed by atoms with van der Waals surface area (Å²) in [6, 6.07) is 9.23. The third-order valence-electron chi connectivity index (χ3n) is 3.46. The molecule has 1 atom stereocenters. The lowest BCUT2D eigenvalue weighted by atomic mass is 9.94. The first kappa shape index (κ1) is 11.7. The summed E-state index contributed by atoms with van der Waals surface area (Å²) in [6.07, 6.45) is 2.98. The van der Waals surface area contributed by atoms with Crippen molar-refractivity contribution < 1.29 is 0 Å². The highest BCUT2D eigenvalue weighted by atomic mass is 32.1. The molecule has 1 unspecified atom stereocenters. The lowest BCUT2D eigenvalue weighted by Crippen LogP contribution is -2.45. The van der Waals surface area contributed by atoms with E-state index in [2.05, 4.69) is 39.5 Å². The Hall–Kier alpha value is -1.39. The Morgan fingerprint density at radius 1 is 1.39 bits per heavy atom. The molecule has 0 radical (unpaired) electrons. The molecule has 3 nitrogen and oxygen atoms in total. The number of nitrogens with zero attached hydrogens (tertiary/aromatic N) is 2. The third kappa shape index (κ3) is 2.13. The fourth-order valence-electron chi connectivity index (χ4n) is 2.59. The monoisotopic (exact) mass is 259 g/mol. The van der Waals surface area contributed by atoms with Gasteiger partial charge in [0, 0.05) is 30.7 Å². The van der Waals surface area contributed by atoms with Crippen LogP contribution in [0, 0.1) is 0 Å². The second-order valence-corrected chi connectivity index (χ2v) is 5.50. The first-order chi connectivity index (χ1) is 8.88. The Labute approximate surface area is 111 Å². The van der Waals surface area contributed by atoms with E-state index in [1.807, 2.05) is 18.6 Å². The van der Waals surface area contributed by atoms with Crippen molar-refractivity contribution in [1.29, 1.82) is 0 Å². The van der Waals surface area contributed by atoms with Crippen LogP contribution in [0.5, 0.6) is 0 Å². The SMILES string of the molecule is CNCC1Cc2ccccc2CN1c1nccs1. The van der Waals surface area contributed by atoms with E-state index in [1.165, 1.54) is 11.1 Å². The Balaban J connectivity index is 1.93. The molecule has 2 aromatic rings. The zero-order valence-corrected chi connectivity index (χ0v) is 11.3. The summed E-state index contributed by atoms with van der Waals surface area (Å²) >= 11 is 1.72. The second kappa shape index (κ2) is 5.08. The van der Waals surface area contributed by atoms with E-state index in [-0.39, 0.29) is 0 Å². The Kier molecular flexibility index (Phi) is 3.30. The van der Waals surface area contributed by atoms with E-state index in [9.17, 15) is 0 Å². The fraction of sp³-hybridized carbons (Fsp3) is 0.357. The first-order valence-electron chi connectivity index (χ1n) is 6.26. The topological polar surface area (TPSA) is 28.2 Å². The predicted molar refractivity (Wildman–Crippen MR) is 76.2 cm³/mol. The van der Waals surface area contributed by atoms with Crippen molar-refractivity contribution >= 4 is 16.5 Å². The summed E-state index contributed by atoms with van der Waals surface area (Å²) in [4.78, 5) is 6.88. The number of rotatable bonds is 3. The van der Waals surface area contributed by atoms with Crippen LogP contribution in [0.3, 0.4) is 0 Å². The molecule has 18 heavy (non-hydrogen) atoms. The van der Waals surface area contributed by atoms with Gasteiger partial charge < -0.3 is 10.2 Å². The average molecular weight is 259 g/mol. The number of likely N-dealkylation sites (N-methyl/N-ethyl adjacent to an activating group) is 1. The largest absolute Gasteiger partial charge is 0.339 e. The van der Waals surface area contributed by atoms with Gasteiger partial charge in [0.1, 0.15) is 0 Å². The van der Waals surface area contributed by atoms with Gasteiger partial charge in [0.25, 0.3) is 0 Å². The van der Waals surface area contributed by atoms with Crippen LogP contribution in [-0.4, -0.2) is 24.6 Å². The predicted octanol–water partition coefficient (Wildman–Crippen LogP) is 2.29. The van der Waals surface area contributed by atoms with Gasteiger partial charge in [-0.25, -0.2) is 4.98 Å². The number of aromatic nitrogens is 1. The molecule has 1 aliphatic rings. The molecule has 1 aromatic carbocycles. The molecule has 0 bridgehead atoms. The van der Waals surface area contributed by atoms with Crippen molar-refractivity contribution in [2.75, 3.05) is 18.5 Å². The molecule has 1 aromatic heterocycles. The molecule has 4 heteroatoms. The van der Waals surface area contributed by atoms with Gasteiger partial charge in [-0.3, -0.25) is 0 Å². The van der Waals surface area contributed by atoms with E-state index in [0.29, 0.717) is 6.04 Å². The fourth-order valence-corrected chi connectivity index (χ4v) is 3.30. The lowest BCUT2D eigenvalue weighted by molar-refractivity contribution is 0.527. The van der Waals surface area contributed by atoms with Crippen LogP contribution < -0.4 is 10.2 Å². The van der Waals surface area contributed by atoms with E-state index in [0.717, 1.165) is 24.6 Å². The van der Waals surface area contributed by atoms with Gasteiger partial charge in [0.15, 0.2) is 5.13 Å². The molecule has 1 aliphatic heterocycles. The van der Waals surface area contributed by atoms with E-state index < -0.39 is 0 Å². The third-order valence-corrected chi connectivity index (χ3v) is 4.27. The molecule has 1 N–H and O–H groups in total. The van der Waals surface area contributed by atoms with Gasteiger partial charge in [0.2, 0.25) is 0 Å². The van der Waals surface area contributed by atoms with Crippen LogP contribution >= 0.6 is 11.3 Å². The molecule has 0 amide bonds. The molecular weight excluding hydrogens is 242 g/mol. The van der Waals surface area contributed by atoms with Crippen LogP contribution in [0.4, 0.5) is 5.13 Å². The highest BCUT2D eigenvalue weighted by Crippen LogP contribution is 2.29. The summed E-state index contributed by atoms with van der Waals surface area (Å²) in [5, 5.41) is 6.47. The van der Waals surface area contributed by atoms with E-state index >= 15 is 0 Å². The van der Waals surface area contributed by atoms with E-state index in [1.54, 1.807) is 11.3 Å². The summed E-state index contributed by atoms with van der Waals surface area (Å²) in [6.45, 7) is 1.96. The normalized spacial score (nSPS) is 18.7. The molecule has 0 spiro atoms. The highest BCUT2D eigenvalue weighted by molar-refractivity contribution is 7.13. The van der Waals surface area contributed by atoms with Crippen LogP contribution in [0.1, 0.15) is 11.1 Å². The first-order valence-corrected chi connectivity index (χ1v) is 7.14. The number of nitrogens with one attached hydrogen (secondary N) is 1. The zero-order chi connectivity index (χ0) is 12.4. The van der Waals surface area contributed by atoms with Crippen molar-refractivity contribution in [3.63, 3.8) is 0 Å². The van der Waals surface area contributed by atoms with Crippen LogP contribution in [0.15, 0.2) is 35.8 Å². The number of thiazole rings is 1. The summed E-state index contributed by atoms with van der Waals surface area (Å²) < 4.78 is 0. The molecular formula is C14H17N3S. The summed E-state index contributed by atoms with van der Waals surface area (Å²) in [5.41, 5.74) is 2.91. The molecule has 0 saturated carbocycles. The molecule has 2 heterocycles. The van der Waals surface area contributed by atoms with Crippen LogP contribution in [0.25, 0.3) is 0 Å². The maximum absolute atomic E-state index is 4.46. The molecule has 0 fully saturated rings. The van der Waals surface area contributed by atoms with Crippen molar-refractivity contribution in [2.24, 2.45) is 0 Å². The molecule has 3 rings (SSSR count). The van der Waals surface area contributed by atoms with Crippen molar-refractivity contribution in [3.05, 3.63) is 47.0 Å². The summed E-state index contributed by atoms with van der Waals surface area (Å²) in [7, 11) is 2.01. The van der Waals surface area contributed by atoms with Crippen molar-refractivity contribution in [2.45, 2.75) is 19.0 Å². The Morgan fingerprint density at radius 2 is 2.22 bits per heavy atom. The minimum absolute atomic E-state index is 0.496. The number of fused-ring (bicyclic) bond motifs is 1. The number of hydrogen-bond donors (Lipinski definition) is 1. The van der Waals surface area contributed by atoms with Gasteiger partial charge in [-0.05, 0) is 24.6 Å². The van der Waals surface area contributed by atoms with E-state index in [4.69, 9.17) is 0 Å². The molecule has 0 aliphatic carbocycles. The lowest BCUT2D eigenvalue weighted by Gasteiger charge is -2.36.